The topological polar surface area (TPSA) is 53.9 Å². The Bertz CT molecular complexity index is 1230. The number of carbonyl (C=O) groups is 1. The largest absolute Gasteiger partial charge is 0.417 e. The maximum absolute atomic E-state index is 14.3. The van der Waals surface area contributed by atoms with Crippen LogP contribution in [0.2, 0.25) is 10.0 Å². The molecule has 0 bridgehead atoms. The van der Waals surface area contributed by atoms with E-state index < -0.39 is 39.6 Å². The smallest absolute Gasteiger partial charge is 0.362 e. The summed E-state index contributed by atoms with van der Waals surface area (Å²) < 4.78 is 62.9. The fourth-order valence-corrected chi connectivity index (χ4v) is 5.43. The molecule has 186 valence electrons. The molecule has 1 spiro atoms. The highest BCUT2D eigenvalue weighted by Gasteiger charge is 2.59. The molecule has 1 amide bonds. The summed E-state index contributed by atoms with van der Waals surface area (Å²) in [6.07, 6.45) is -5.30. The van der Waals surface area contributed by atoms with Crippen molar-refractivity contribution >= 4 is 34.8 Å². The average molecular weight is 530 g/mol. The molecule has 5 rings (SSSR count). The molecule has 1 saturated heterocycles. The highest BCUT2D eigenvalue weighted by atomic mass is 35.5. The molecular weight excluding hydrogens is 509 g/mol. The number of carbonyl (C=O) groups excluding carboxylic acids is 1. The number of hydrazone groups is 1. The number of hydrogen-bond donors (Lipinski definition) is 1. The number of fused-ring (bicyclic) bond motifs is 2. The summed E-state index contributed by atoms with van der Waals surface area (Å²) in [5.41, 5.74) is 1.20. The second-order valence-corrected chi connectivity index (χ2v) is 10.3. The average Bonchev–Trinajstić information content (AvgIpc) is 3.38. The van der Waals surface area contributed by atoms with Gasteiger partial charge in [-0.3, -0.25) is 10.2 Å². The van der Waals surface area contributed by atoms with Crippen LogP contribution in [0.3, 0.4) is 0 Å². The minimum absolute atomic E-state index is 0.0557. The summed E-state index contributed by atoms with van der Waals surface area (Å²) in [6.45, 7) is 4.87. The summed E-state index contributed by atoms with van der Waals surface area (Å²) in [5.74, 6) is -1.03. The number of rotatable bonds is 3. The minimum atomic E-state index is -4.77. The molecule has 1 N–H and O–H groups in total. The van der Waals surface area contributed by atoms with Gasteiger partial charge in [-0.25, -0.2) is 4.39 Å². The number of nitrogens with one attached hydrogen (secondary N) is 1. The molecule has 0 aromatic heterocycles. The Kier molecular flexibility index (Phi) is 5.62. The summed E-state index contributed by atoms with van der Waals surface area (Å²) in [5, 5.41) is 3.00. The van der Waals surface area contributed by atoms with Crippen LogP contribution in [0.1, 0.15) is 42.5 Å². The van der Waals surface area contributed by atoms with Crippen molar-refractivity contribution in [3.05, 3.63) is 68.4 Å². The Hall–Kier alpha value is -2.36. The maximum atomic E-state index is 14.3. The van der Waals surface area contributed by atoms with Gasteiger partial charge in [0.15, 0.2) is 11.4 Å². The molecule has 5 nitrogen and oxygen atoms in total. The van der Waals surface area contributed by atoms with Gasteiger partial charge in [-0.1, -0.05) is 49.2 Å². The third-order valence-corrected chi connectivity index (χ3v) is 7.46. The molecule has 2 aromatic rings. The van der Waals surface area contributed by atoms with Gasteiger partial charge in [-0.2, -0.15) is 18.3 Å². The second kappa shape index (κ2) is 8.08. The van der Waals surface area contributed by atoms with E-state index in [9.17, 15) is 22.4 Å². The molecule has 0 radical (unpaired) electrons. The van der Waals surface area contributed by atoms with Crippen LogP contribution in [-0.4, -0.2) is 35.8 Å². The number of amides is 1. The molecule has 2 aromatic carbocycles. The van der Waals surface area contributed by atoms with Crippen molar-refractivity contribution in [1.29, 1.82) is 0 Å². The van der Waals surface area contributed by atoms with Gasteiger partial charge >= 0.3 is 6.18 Å². The predicted molar refractivity (Wildman–Crippen MR) is 123 cm³/mol. The van der Waals surface area contributed by atoms with Crippen LogP contribution in [-0.2, 0) is 27.3 Å². The summed E-state index contributed by atoms with van der Waals surface area (Å²) in [6, 6.07) is 7.15. The van der Waals surface area contributed by atoms with E-state index in [1.54, 1.807) is 17.0 Å². The Morgan fingerprint density at radius 2 is 1.83 bits per heavy atom. The first-order valence-corrected chi connectivity index (χ1v) is 11.7. The normalized spacial score (nSPS) is 22.8. The number of halogens is 6. The van der Waals surface area contributed by atoms with Gasteiger partial charge in [-0.15, -0.1) is 0 Å². The highest BCUT2D eigenvalue weighted by Crippen LogP contribution is 2.48. The van der Waals surface area contributed by atoms with Crippen molar-refractivity contribution in [1.82, 2.24) is 10.3 Å². The third-order valence-electron chi connectivity index (χ3n) is 6.91. The first kappa shape index (κ1) is 24.3. The summed E-state index contributed by atoms with van der Waals surface area (Å²) in [4.78, 5) is 14.0. The van der Waals surface area contributed by atoms with E-state index in [-0.39, 0.29) is 23.1 Å². The van der Waals surface area contributed by atoms with Crippen molar-refractivity contribution in [2.24, 2.45) is 11.0 Å². The molecule has 0 saturated carbocycles. The lowest BCUT2D eigenvalue weighted by molar-refractivity contribution is -0.196. The maximum Gasteiger partial charge on any atom is 0.417 e. The molecule has 0 aliphatic carbocycles. The summed E-state index contributed by atoms with van der Waals surface area (Å²) >= 11 is 11.6. The van der Waals surface area contributed by atoms with Crippen LogP contribution in [0.4, 0.5) is 17.6 Å². The Labute approximate surface area is 209 Å². The van der Waals surface area contributed by atoms with E-state index in [2.05, 4.69) is 10.5 Å². The fourth-order valence-electron chi connectivity index (χ4n) is 4.94. The Balaban J connectivity index is 1.42. The third kappa shape index (κ3) is 3.70. The molecular formula is C24H21Cl2F4N3O2. The van der Waals surface area contributed by atoms with E-state index in [0.717, 1.165) is 23.3 Å². The SMILES string of the molecule is CC(C)C(=O)N1CC2(C1)OCc1cc(C3=NNC(c4cc(Cl)c(F)c(Cl)c4)(C(F)(F)F)C3)ccc12. The highest BCUT2D eigenvalue weighted by molar-refractivity contribution is 6.35. The predicted octanol–water partition coefficient (Wildman–Crippen LogP) is 5.51. The van der Waals surface area contributed by atoms with Crippen LogP contribution in [0.25, 0.3) is 0 Å². The van der Waals surface area contributed by atoms with E-state index in [1.165, 1.54) is 0 Å². The molecule has 1 fully saturated rings. The molecule has 35 heavy (non-hydrogen) atoms. The summed E-state index contributed by atoms with van der Waals surface area (Å²) in [7, 11) is 0. The van der Waals surface area contributed by atoms with E-state index >= 15 is 0 Å². The van der Waals surface area contributed by atoms with Crippen LogP contribution < -0.4 is 5.43 Å². The van der Waals surface area contributed by atoms with Crippen LogP contribution in [0.15, 0.2) is 35.4 Å². The zero-order valence-corrected chi connectivity index (χ0v) is 20.3. The lowest BCUT2D eigenvalue weighted by atomic mass is 9.82. The van der Waals surface area contributed by atoms with Crippen LogP contribution in [0.5, 0.6) is 0 Å². The molecule has 1 unspecified atom stereocenters. The quantitative estimate of drug-likeness (QED) is 0.421. The van der Waals surface area contributed by atoms with Crippen molar-refractivity contribution in [3.8, 4) is 0 Å². The Morgan fingerprint density at radius 1 is 1.17 bits per heavy atom. The second-order valence-electron chi connectivity index (χ2n) is 9.51. The van der Waals surface area contributed by atoms with E-state index in [0.29, 0.717) is 25.3 Å². The molecule has 1 atom stereocenters. The van der Waals surface area contributed by atoms with Gasteiger partial charge < -0.3 is 9.64 Å². The number of benzene rings is 2. The van der Waals surface area contributed by atoms with Crippen molar-refractivity contribution in [3.63, 3.8) is 0 Å². The fraction of sp³-hybridized carbons (Fsp3) is 0.417. The standard InChI is InChI=1S/C24H21Cl2F4N3O2/c1-12(2)21(34)33-10-22(11-33)16-4-3-13(5-14(16)9-35-22)19-8-23(32-31-19,24(28,29)30)15-6-17(25)20(27)18(26)7-15/h3-7,12,32H,8-11H2,1-2H3. The molecule has 11 heteroatoms. The minimum Gasteiger partial charge on any atom is -0.362 e. The van der Waals surface area contributed by atoms with Gasteiger partial charge in [-0.05, 0) is 40.5 Å². The number of nitrogens with zero attached hydrogens (tertiary/aromatic N) is 2. The van der Waals surface area contributed by atoms with Crippen LogP contribution >= 0.6 is 23.2 Å². The van der Waals surface area contributed by atoms with Crippen molar-refractivity contribution in [2.45, 2.75) is 44.2 Å². The molecule has 3 aliphatic heterocycles. The molecule has 3 aliphatic rings. The lowest BCUT2D eigenvalue weighted by Gasteiger charge is -2.48. The van der Waals surface area contributed by atoms with Gasteiger partial charge in [0.05, 0.1) is 35.5 Å². The Morgan fingerprint density at radius 3 is 2.43 bits per heavy atom. The number of alkyl halides is 3. The number of hydrogen-bond acceptors (Lipinski definition) is 4. The van der Waals surface area contributed by atoms with Crippen molar-refractivity contribution < 1.29 is 27.1 Å². The van der Waals surface area contributed by atoms with E-state index in [1.807, 2.05) is 19.9 Å². The first-order chi connectivity index (χ1) is 16.4. The van der Waals surface area contributed by atoms with Gasteiger partial charge in [0.25, 0.3) is 0 Å². The van der Waals surface area contributed by atoms with Gasteiger partial charge in [0.1, 0.15) is 5.60 Å². The van der Waals surface area contributed by atoms with Gasteiger partial charge in [0, 0.05) is 12.3 Å². The zero-order chi connectivity index (χ0) is 25.3. The monoisotopic (exact) mass is 529 g/mol. The van der Waals surface area contributed by atoms with Crippen molar-refractivity contribution in [2.75, 3.05) is 13.1 Å². The lowest BCUT2D eigenvalue weighted by Crippen LogP contribution is -2.61. The number of likely N-dealkylation sites (tertiary alicyclic amines) is 1. The molecule has 3 heterocycles. The van der Waals surface area contributed by atoms with Gasteiger partial charge in [0.2, 0.25) is 5.91 Å². The number of ether oxygens (including phenoxy) is 1. The van der Waals surface area contributed by atoms with Crippen LogP contribution in [0, 0.1) is 11.7 Å². The zero-order valence-electron chi connectivity index (χ0n) is 18.8. The first-order valence-electron chi connectivity index (χ1n) is 11.0. The van der Waals surface area contributed by atoms with E-state index in [4.69, 9.17) is 27.9 Å².